The number of carbonyl (C=O) groups excluding carboxylic acids is 4. The van der Waals surface area contributed by atoms with Crippen molar-refractivity contribution in [1.29, 1.82) is 0 Å². The summed E-state index contributed by atoms with van der Waals surface area (Å²) in [6, 6.07) is 0. The quantitative estimate of drug-likeness (QED) is 0.199. The number of nitrogens with one attached hydrogen (secondary N) is 1. The van der Waals surface area contributed by atoms with Gasteiger partial charge in [-0.15, -0.1) is 0 Å². The van der Waals surface area contributed by atoms with E-state index >= 15 is 0 Å². The molecule has 200 valence electrons. The first-order valence-corrected chi connectivity index (χ1v) is 12.1. The highest BCUT2D eigenvalue weighted by Crippen LogP contribution is 2.20. The Hall–Kier alpha value is -2.14. The summed E-state index contributed by atoms with van der Waals surface area (Å²) in [6.07, 6.45) is 4.40. The molecule has 1 rings (SSSR count). The molecule has 1 N–H and O–H groups in total. The molecule has 0 aromatic rings. The summed E-state index contributed by atoms with van der Waals surface area (Å²) < 4.78 is 22.7. The molecule has 1 heterocycles. The Kier molecular flexibility index (Phi) is 13.9. The van der Waals surface area contributed by atoms with Gasteiger partial charge in [0.1, 0.15) is 5.78 Å². The van der Waals surface area contributed by atoms with E-state index in [1.54, 1.807) is 6.92 Å². The smallest absolute Gasteiger partial charge is 0.253 e. The minimum absolute atomic E-state index is 0.0579. The van der Waals surface area contributed by atoms with Gasteiger partial charge >= 0.3 is 0 Å². The van der Waals surface area contributed by atoms with Crippen LogP contribution < -0.4 is 5.32 Å². The van der Waals surface area contributed by atoms with Crippen LogP contribution >= 0.6 is 0 Å². The lowest BCUT2D eigenvalue weighted by atomic mass is 10.0. The van der Waals surface area contributed by atoms with Crippen molar-refractivity contribution in [3.05, 3.63) is 12.2 Å². The van der Waals surface area contributed by atoms with E-state index in [1.807, 2.05) is 27.7 Å². The molecule has 10 heteroatoms. The van der Waals surface area contributed by atoms with Gasteiger partial charge in [0.2, 0.25) is 5.91 Å². The number of amides is 3. The molecule has 0 aromatic carbocycles. The average Bonchev–Trinajstić information content (AvgIpc) is 3.09. The second-order valence-corrected chi connectivity index (χ2v) is 9.65. The van der Waals surface area contributed by atoms with Gasteiger partial charge in [-0.25, -0.2) is 0 Å². The highest BCUT2D eigenvalue weighted by molar-refractivity contribution is 6.13. The van der Waals surface area contributed by atoms with E-state index in [-0.39, 0.29) is 35.9 Å². The Bertz CT molecular complexity index is 715. The highest BCUT2D eigenvalue weighted by atomic mass is 16.6. The second kappa shape index (κ2) is 15.8. The van der Waals surface area contributed by atoms with E-state index in [4.69, 9.17) is 18.9 Å². The zero-order chi connectivity index (χ0) is 26.3. The van der Waals surface area contributed by atoms with E-state index in [0.717, 1.165) is 11.3 Å². The maximum absolute atomic E-state index is 11.8. The molecule has 0 spiro atoms. The van der Waals surface area contributed by atoms with Crippen molar-refractivity contribution >= 4 is 23.5 Å². The lowest BCUT2D eigenvalue weighted by Gasteiger charge is -2.29. The third kappa shape index (κ3) is 14.8. The van der Waals surface area contributed by atoms with Gasteiger partial charge in [-0.05, 0) is 47.5 Å². The van der Waals surface area contributed by atoms with Crippen molar-refractivity contribution in [3.8, 4) is 0 Å². The first-order chi connectivity index (χ1) is 16.4. The van der Waals surface area contributed by atoms with Crippen LogP contribution in [0, 0.1) is 0 Å². The van der Waals surface area contributed by atoms with Crippen LogP contribution in [-0.2, 0) is 38.1 Å². The number of hydrogen-bond donors (Lipinski definition) is 1. The number of Topliss-reactive ketones (excluding diaryl/α,β-unsaturated/α-hetero) is 1. The van der Waals surface area contributed by atoms with E-state index in [0.29, 0.717) is 59.0 Å². The predicted octanol–water partition coefficient (Wildman–Crippen LogP) is 1.80. The Morgan fingerprint density at radius 2 is 1.34 bits per heavy atom. The maximum Gasteiger partial charge on any atom is 0.253 e. The van der Waals surface area contributed by atoms with Gasteiger partial charge in [-0.3, -0.25) is 19.3 Å². The van der Waals surface area contributed by atoms with Crippen LogP contribution in [0.5, 0.6) is 0 Å². The van der Waals surface area contributed by atoms with Crippen molar-refractivity contribution in [2.24, 2.45) is 0 Å². The first kappa shape index (κ1) is 30.9. The van der Waals surface area contributed by atoms with Crippen LogP contribution in [0.3, 0.4) is 0 Å². The zero-order valence-electron chi connectivity index (χ0n) is 21.9. The summed E-state index contributed by atoms with van der Waals surface area (Å²) in [5.41, 5.74) is -0.680. The third-order valence-electron chi connectivity index (χ3n) is 5.40. The van der Waals surface area contributed by atoms with Crippen LogP contribution in [-0.4, -0.2) is 92.3 Å². The summed E-state index contributed by atoms with van der Waals surface area (Å²) >= 11 is 0. The number of hydrogen-bond acceptors (Lipinski definition) is 8. The van der Waals surface area contributed by atoms with Crippen LogP contribution in [0.1, 0.15) is 60.3 Å². The summed E-state index contributed by atoms with van der Waals surface area (Å²) in [4.78, 5) is 46.8. The number of ether oxygens (including phenoxy) is 4. The SMILES string of the molecule is CC(=O)CCC(C)(C)OCCC(C)(C)OCCOCCOCCNC(=O)CCN1C(=O)C=CC1=O. The lowest BCUT2D eigenvalue weighted by Crippen LogP contribution is -2.35. The van der Waals surface area contributed by atoms with Crippen molar-refractivity contribution in [1.82, 2.24) is 10.2 Å². The fraction of sp³-hybridized carbons (Fsp3) is 0.760. The number of rotatable bonds is 20. The van der Waals surface area contributed by atoms with Gasteiger partial charge < -0.3 is 29.1 Å². The molecule has 35 heavy (non-hydrogen) atoms. The first-order valence-electron chi connectivity index (χ1n) is 12.1. The van der Waals surface area contributed by atoms with Gasteiger partial charge in [0.25, 0.3) is 11.8 Å². The van der Waals surface area contributed by atoms with Crippen LogP contribution in [0.2, 0.25) is 0 Å². The van der Waals surface area contributed by atoms with Gasteiger partial charge in [0.05, 0.1) is 50.8 Å². The summed E-state index contributed by atoms with van der Waals surface area (Å²) in [5.74, 6) is -0.864. The normalized spacial score (nSPS) is 14.1. The number of carbonyl (C=O) groups is 4. The standard InChI is InChI=1S/C25H42N2O8/c1-20(28)8-10-24(2,3)34-14-11-25(4,5)35-19-18-33-17-16-32-15-12-26-21(29)9-13-27-22(30)6-7-23(27)31/h6-7H,8-19H2,1-5H3,(H,26,29). The van der Waals surface area contributed by atoms with E-state index < -0.39 is 11.8 Å². The van der Waals surface area contributed by atoms with Gasteiger partial charge in [-0.2, -0.15) is 0 Å². The number of ketones is 1. The van der Waals surface area contributed by atoms with Gasteiger partial charge in [0, 0.05) is 38.1 Å². The van der Waals surface area contributed by atoms with Crippen LogP contribution in [0.4, 0.5) is 0 Å². The lowest BCUT2D eigenvalue weighted by molar-refractivity contribution is -0.137. The monoisotopic (exact) mass is 498 g/mol. The van der Waals surface area contributed by atoms with Gasteiger partial charge in [-0.1, -0.05) is 0 Å². The second-order valence-electron chi connectivity index (χ2n) is 9.65. The predicted molar refractivity (Wildman–Crippen MR) is 130 cm³/mol. The van der Waals surface area contributed by atoms with Crippen LogP contribution in [0.15, 0.2) is 12.2 Å². The third-order valence-corrected chi connectivity index (χ3v) is 5.40. The van der Waals surface area contributed by atoms with Crippen molar-refractivity contribution < 1.29 is 38.1 Å². The number of imide groups is 1. The molecule has 0 bridgehead atoms. The Morgan fingerprint density at radius 3 is 1.97 bits per heavy atom. The molecule has 10 nitrogen and oxygen atoms in total. The van der Waals surface area contributed by atoms with E-state index in [9.17, 15) is 19.2 Å². The summed E-state index contributed by atoms with van der Waals surface area (Å²) in [7, 11) is 0. The number of nitrogens with zero attached hydrogens (tertiary/aromatic N) is 1. The molecule has 0 unspecified atom stereocenters. The highest BCUT2D eigenvalue weighted by Gasteiger charge is 2.24. The average molecular weight is 499 g/mol. The molecular formula is C25H42N2O8. The van der Waals surface area contributed by atoms with E-state index in [2.05, 4.69) is 5.32 Å². The summed E-state index contributed by atoms with van der Waals surface area (Å²) in [5, 5.41) is 2.68. The molecule has 1 aliphatic rings. The minimum Gasteiger partial charge on any atom is -0.377 e. The van der Waals surface area contributed by atoms with Crippen LogP contribution in [0.25, 0.3) is 0 Å². The molecular weight excluding hydrogens is 456 g/mol. The van der Waals surface area contributed by atoms with Crippen molar-refractivity contribution in [2.75, 3.05) is 52.7 Å². The Labute approximate surface area is 208 Å². The molecule has 0 aliphatic carbocycles. The molecule has 0 aromatic heterocycles. The molecule has 0 saturated carbocycles. The maximum atomic E-state index is 11.8. The van der Waals surface area contributed by atoms with Gasteiger partial charge in [0.15, 0.2) is 0 Å². The topological polar surface area (TPSA) is 120 Å². The fourth-order valence-corrected chi connectivity index (χ4v) is 3.11. The molecule has 0 saturated heterocycles. The molecule has 3 amide bonds. The largest absolute Gasteiger partial charge is 0.377 e. The Morgan fingerprint density at radius 1 is 0.800 bits per heavy atom. The summed E-state index contributed by atoms with van der Waals surface area (Å²) in [6.45, 7) is 12.6. The van der Waals surface area contributed by atoms with Crippen molar-refractivity contribution in [2.45, 2.75) is 71.5 Å². The fourth-order valence-electron chi connectivity index (χ4n) is 3.11. The minimum atomic E-state index is -0.393. The Balaban J connectivity index is 1.96. The molecule has 0 fully saturated rings. The molecule has 0 atom stereocenters. The van der Waals surface area contributed by atoms with E-state index in [1.165, 1.54) is 12.2 Å². The molecule has 1 aliphatic heterocycles. The molecule has 0 radical (unpaired) electrons. The zero-order valence-corrected chi connectivity index (χ0v) is 21.9. The van der Waals surface area contributed by atoms with Crippen molar-refractivity contribution in [3.63, 3.8) is 0 Å².